The van der Waals surface area contributed by atoms with Crippen molar-refractivity contribution >= 4 is 45.8 Å². The molecule has 2 heterocycles. The van der Waals surface area contributed by atoms with Crippen LogP contribution in [0, 0.1) is 0 Å². The molecule has 1 saturated heterocycles. The Kier molecular flexibility index (Phi) is 10.1. The molecule has 0 unspecified atom stereocenters. The van der Waals surface area contributed by atoms with Gasteiger partial charge in [-0.15, -0.1) is 24.0 Å². The van der Waals surface area contributed by atoms with E-state index in [-0.39, 0.29) is 55.9 Å². The predicted molar refractivity (Wildman–Crippen MR) is 122 cm³/mol. The van der Waals surface area contributed by atoms with E-state index in [1.165, 1.54) is 0 Å². The van der Waals surface area contributed by atoms with Gasteiger partial charge in [0.05, 0.1) is 6.54 Å². The Morgan fingerprint density at radius 1 is 1.33 bits per heavy atom. The van der Waals surface area contributed by atoms with Gasteiger partial charge in [-0.05, 0) is 37.5 Å². The lowest BCUT2D eigenvalue weighted by molar-refractivity contribution is -0.0494. The summed E-state index contributed by atoms with van der Waals surface area (Å²) in [4.78, 5) is 10.7. The molecule has 2 rings (SSSR count). The first-order chi connectivity index (χ1) is 13.5. The third kappa shape index (κ3) is 7.11. The van der Waals surface area contributed by atoms with Gasteiger partial charge in [-0.1, -0.05) is 0 Å². The number of aromatic nitrogens is 1. The highest BCUT2D eigenvalue weighted by atomic mass is 127. The van der Waals surface area contributed by atoms with Gasteiger partial charge in [0.15, 0.2) is 5.96 Å². The van der Waals surface area contributed by atoms with Crippen molar-refractivity contribution < 1.29 is 21.6 Å². The maximum Gasteiger partial charge on any atom is 0.511 e. The van der Waals surface area contributed by atoms with Crippen LogP contribution in [0.1, 0.15) is 25.3 Å². The lowest BCUT2D eigenvalue weighted by Crippen LogP contribution is -2.51. The minimum absolute atomic E-state index is 0. The number of guanidine groups is 1. The fourth-order valence-corrected chi connectivity index (χ4v) is 3.86. The number of anilines is 1. The second-order valence-electron chi connectivity index (χ2n) is 6.88. The summed E-state index contributed by atoms with van der Waals surface area (Å²) in [6.07, 6.45) is 2.23. The molecule has 0 amide bonds. The molecule has 8 nitrogen and oxygen atoms in total. The van der Waals surface area contributed by atoms with Crippen LogP contribution < -0.4 is 15.5 Å². The molecule has 0 aromatic carbocycles. The molecule has 0 bridgehead atoms. The maximum absolute atomic E-state index is 12.7. The van der Waals surface area contributed by atoms with Gasteiger partial charge in [0, 0.05) is 46.0 Å². The van der Waals surface area contributed by atoms with Crippen molar-refractivity contribution in [3.8, 4) is 0 Å². The average Bonchev–Trinajstić information content (AvgIpc) is 2.66. The number of aliphatic imine (C=N–C) groups is 1. The van der Waals surface area contributed by atoms with Gasteiger partial charge < -0.3 is 15.5 Å². The van der Waals surface area contributed by atoms with Crippen molar-refractivity contribution in [1.29, 1.82) is 0 Å². The molecule has 2 N–H and O–H groups in total. The summed E-state index contributed by atoms with van der Waals surface area (Å²) in [6.45, 7) is 2.56. The number of pyridine rings is 1. The van der Waals surface area contributed by atoms with Crippen LogP contribution in [-0.4, -0.2) is 68.9 Å². The number of halogens is 4. The Morgan fingerprint density at radius 2 is 1.97 bits per heavy atom. The fourth-order valence-electron chi connectivity index (χ4n) is 2.87. The number of hydrogen-bond donors (Lipinski definition) is 2. The molecule has 13 heteroatoms. The Bertz CT molecular complexity index is 812. The van der Waals surface area contributed by atoms with Gasteiger partial charge in [0.2, 0.25) is 0 Å². The Morgan fingerprint density at radius 3 is 2.50 bits per heavy atom. The molecular formula is C17H28F3IN6O2S. The number of nitrogens with one attached hydrogen (secondary N) is 2. The molecule has 0 saturated carbocycles. The summed E-state index contributed by atoms with van der Waals surface area (Å²) in [5, 5.41) is 6.29. The highest BCUT2D eigenvalue weighted by Crippen LogP contribution is 2.28. The molecule has 172 valence electrons. The molecule has 0 atom stereocenters. The van der Waals surface area contributed by atoms with Crippen molar-refractivity contribution in [3.05, 3.63) is 23.9 Å². The minimum Gasteiger partial charge on any atom is -0.363 e. The lowest BCUT2D eigenvalue weighted by Gasteiger charge is -2.32. The molecule has 1 aromatic rings. The zero-order valence-corrected chi connectivity index (χ0v) is 20.3. The van der Waals surface area contributed by atoms with Gasteiger partial charge >= 0.3 is 15.5 Å². The summed E-state index contributed by atoms with van der Waals surface area (Å²) in [5.41, 5.74) is -4.30. The predicted octanol–water partition coefficient (Wildman–Crippen LogP) is 2.13. The monoisotopic (exact) mass is 564 g/mol. The number of hydrogen-bond acceptors (Lipinski definition) is 5. The highest BCUT2D eigenvalue weighted by molar-refractivity contribution is 14.0. The van der Waals surface area contributed by atoms with Crippen LogP contribution in [0.25, 0.3) is 0 Å². The quantitative estimate of drug-likeness (QED) is 0.313. The smallest absolute Gasteiger partial charge is 0.363 e. The van der Waals surface area contributed by atoms with E-state index in [0.29, 0.717) is 23.4 Å². The fraction of sp³-hybridized carbons (Fsp3) is 0.647. The summed E-state index contributed by atoms with van der Waals surface area (Å²) in [5.74, 6) is 1.35. The van der Waals surface area contributed by atoms with E-state index in [4.69, 9.17) is 0 Å². The lowest BCUT2D eigenvalue weighted by atomic mass is 10.1. The number of sulfonamides is 1. The van der Waals surface area contributed by atoms with Crippen LogP contribution in [0.15, 0.2) is 23.3 Å². The van der Waals surface area contributed by atoms with Crippen molar-refractivity contribution in [1.82, 2.24) is 19.9 Å². The van der Waals surface area contributed by atoms with Crippen LogP contribution in [0.5, 0.6) is 0 Å². The van der Waals surface area contributed by atoms with E-state index in [9.17, 15) is 21.6 Å². The second kappa shape index (κ2) is 11.3. The molecule has 0 spiro atoms. The summed E-state index contributed by atoms with van der Waals surface area (Å²) >= 11 is 0. The zero-order valence-electron chi connectivity index (χ0n) is 17.1. The third-order valence-electron chi connectivity index (χ3n) is 4.46. The van der Waals surface area contributed by atoms with E-state index in [1.807, 2.05) is 38.1 Å². The van der Waals surface area contributed by atoms with Crippen LogP contribution in [0.2, 0.25) is 0 Å². The summed E-state index contributed by atoms with van der Waals surface area (Å²) in [6, 6.07) is 3.62. The van der Waals surface area contributed by atoms with E-state index in [2.05, 4.69) is 20.6 Å². The third-order valence-corrected chi connectivity index (χ3v) is 6.09. The van der Waals surface area contributed by atoms with Crippen molar-refractivity contribution in [2.24, 2.45) is 4.99 Å². The minimum atomic E-state index is -5.27. The molecule has 0 radical (unpaired) electrons. The first-order valence-corrected chi connectivity index (χ1v) is 10.7. The SMILES string of the molecule is CCNC(=NCc1ccnc(N(C)C)c1)NC1CCN(S(=O)(=O)C(F)(F)F)CC1.I. The largest absolute Gasteiger partial charge is 0.511 e. The summed E-state index contributed by atoms with van der Waals surface area (Å²) < 4.78 is 61.6. The number of piperidine rings is 1. The van der Waals surface area contributed by atoms with Gasteiger partial charge in [0.25, 0.3) is 0 Å². The molecule has 0 aliphatic carbocycles. The molecule has 1 aliphatic heterocycles. The standard InChI is InChI=1S/C17H27F3N6O2S.HI/c1-4-21-16(23-12-13-5-8-22-15(11-13)25(2)3)24-14-6-9-26(10-7-14)29(27,28)17(18,19)20;/h5,8,11,14H,4,6-7,9-10,12H2,1-3H3,(H2,21,23,24);1H. The normalized spacial score (nSPS) is 16.7. The zero-order chi connectivity index (χ0) is 21.7. The molecule has 1 fully saturated rings. The van der Waals surface area contributed by atoms with E-state index < -0.39 is 15.5 Å². The Hall–Kier alpha value is -1.35. The Labute approximate surface area is 192 Å². The molecular weight excluding hydrogens is 536 g/mol. The van der Waals surface area contributed by atoms with Gasteiger partial charge in [-0.25, -0.2) is 18.4 Å². The van der Waals surface area contributed by atoms with Crippen molar-refractivity contribution in [2.75, 3.05) is 38.6 Å². The first-order valence-electron chi connectivity index (χ1n) is 9.28. The van der Waals surface area contributed by atoms with Crippen LogP contribution in [0.3, 0.4) is 0 Å². The summed E-state index contributed by atoms with van der Waals surface area (Å²) in [7, 11) is -1.48. The second-order valence-corrected chi connectivity index (χ2v) is 8.81. The first kappa shape index (κ1) is 26.7. The van der Waals surface area contributed by atoms with Crippen molar-refractivity contribution in [2.45, 2.75) is 37.9 Å². The van der Waals surface area contributed by atoms with Gasteiger partial charge in [-0.2, -0.15) is 17.5 Å². The number of rotatable bonds is 6. The van der Waals surface area contributed by atoms with Crippen LogP contribution in [-0.2, 0) is 16.6 Å². The van der Waals surface area contributed by atoms with E-state index >= 15 is 0 Å². The van der Waals surface area contributed by atoms with Crippen LogP contribution >= 0.6 is 24.0 Å². The van der Waals surface area contributed by atoms with Crippen LogP contribution in [0.4, 0.5) is 19.0 Å². The molecule has 1 aromatic heterocycles. The van der Waals surface area contributed by atoms with Gasteiger partial charge in [-0.3, -0.25) is 0 Å². The van der Waals surface area contributed by atoms with E-state index in [1.54, 1.807) is 6.20 Å². The molecule has 1 aliphatic rings. The topological polar surface area (TPSA) is 89.9 Å². The molecule has 30 heavy (non-hydrogen) atoms. The number of nitrogens with zero attached hydrogens (tertiary/aromatic N) is 4. The van der Waals surface area contributed by atoms with Crippen molar-refractivity contribution in [3.63, 3.8) is 0 Å². The van der Waals surface area contributed by atoms with E-state index in [0.717, 1.165) is 11.4 Å². The van der Waals surface area contributed by atoms with Gasteiger partial charge in [0.1, 0.15) is 5.82 Å². The average molecular weight is 564 g/mol. The maximum atomic E-state index is 12.7. The number of alkyl halides is 3. The highest BCUT2D eigenvalue weighted by Gasteiger charge is 2.50. The Balaban J connectivity index is 0.00000450.